The van der Waals surface area contributed by atoms with Crippen LogP contribution in [0.25, 0.3) is 0 Å². The summed E-state index contributed by atoms with van der Waals surface area (Å²) in [5.41, 5.74) is 0. The van der Waals surface area contributed by atoms with E-state index in [1.807, 2.05) is 13.0 Å². The molecule has 13 heavy (non-hydrogen) atoms. The van der Waals surface area contributed by atoms with Gasteiger partial charge in [0.25, 0.3) is 0 Å². The SMILES string of the molecule is CC(C)C.CC1C=CC(C(=O)O)C1. The molecule has 2 nitrogen and oxygen atoms in total. The van der Waals surface area contributed by atoms with Crippen LogP contribution in [0.3, 0.4) is 0 Å². The highest BCUT2D eigenvalue weighted by Gasteiger charge is 2.20. The molecule has 0 aromatic carbocycles. The molecule has 1 aliphatic carbocycles. The summed E-state index contributed by atoms with van der Waals surface area (Å²) in [6, 6.07) is 0. The van der Waals surface area contributed by atoms with Crippen molar-refractivity contribution in [3.05, 3.63) is 12.2 Å². The third-order valence-corrected chi connectivity index (χ3v) is 1.61. The van der Waals surface area contributed by atoms with Crippen LogP contribution in [0.1, 0.15) is 34.1 Å². The number of aliphatic carboxylic acids is 1. The molecule has 0 radical (unpaired) electrons. The Morgan fingerprint density at radius 3 is 2.00 bits per heavy atom. The monoisotopic (exact) mass is 184 g/mol. The zero-order valence-corrected chi connectivity index (χ0v) is 8.95. The summed E-state index contributed by atoms with van der Waals surface area (Å²) in [6.45, 7) is 8.53. The average Bonchev–Trinajstić information content (AvgIpc) is 2.34. The molecule has 0 amide bonds. The number of hydrogen-bond donors (Lipinski definition) is 1. The minimum Gasteiger partial charge on any atom is -0.481 e. The number of carboxylic acids is 1. The highest BCUT2D eigenvalue weighted by Crippen LogP contribution is 2.22. The van der Waals surface area contributed by atoms with Gasteiger partial charge in [-0.2, -0.15) is 0 Å². The first kappa shape index (κ1) is 12.2. The van der Waals surface area contributed by atoms with Crippen LogP contribution in [-0.2, 0) is 4.79 Å². The first-order valence-corrected chi connectivity index (χ1v) is 4.84. The van der Waals surface area contributed by atoms with Crippen molar-refractivity contribution in [2.45, 2.75) is 34.1 Å². The van der Waals surface area contributed by atoms with Gasteiger partial charge in [-0.15, -0.1) is 0 Å². The van der Waals surface area contributed by atoms with E-state index in [9.17, 15) is 4.79 Å². The topological polar surface area (TPSA) is 37.3 Å². The fraction of sp³-hybridized carbons (Fsp3) is 0.727. The molecule has 0 saturated carbocycles. The number of carboxylic acid groups (broad SMARTS) is 1. The van der Waals surface area contributed by atoms with Crippen molar-refractivity contribution in [1.82, 2.24) is 0 Å². The van der Waals surface area contributed by atoms with E-state index in [-0.39, 0.29) is 5.92 Å². The van der Waals surface area contributed by atoms with E-state index in [0.717, 1.165) is 12.3 Å². The predicted octanol–water partition coefficient (Wildman–Crippen LogP) is 2.95. The molecule has 0 bridgehead atoms. The number of hydrogen-bond acceptors (Lipinski definition) is 1. The van der Waals surface area contributed by atoms with E-state index in [4.69, 9.17) is 5.11 Å². The molecule has 0 heterocycles. The molecule has 1 N–H and O–H groups in total. The van der Waals surface area contributed by atoms with Gasteiger partial charge in [-0.25, -0.2) is 0 Å². The van der Waals surface area contributed by atoms with Crippen LogP contribution < -0.4 is 0 Å². The summed E-state index contributed by atoms with van der Waals surface area (Å²) >= 11 is 0. The molecule has 2 unspecified atom stereocenters. The fourth-order valence-electron chi connectivity index (χ4n) is 1.06. The normalized spacial score (nSPS) is 25.6. The van der Waals surface area contributed by atoms with Crippen LogP contribution >= 0.6 is 0 Å². The van der Waals surface area contributed by atoms with E-state index in [0.29, 0.717) is 5.92 Å². The minimum atomic E-state index is -0.699. The first-order valence-electron chi connectivity index (χ1n) is 4.84. The van der Waals surface area contributed by atoms with Gasteiger partial charge in [0.2, 0.25) is 0 Å². The Labute approximate surface area is 80.7 Å². The predicted molar refractivity (Wildman–Crippen MR) is 54.6 cm³/mol. The van der Waals surface area contributed by atoms with Crippen LogP contribution in [0.4, 0.5) is 0 Å². The third kappa shape index (κ3) is 6.38. The van der Waals surface area contributed by atoms with Crippen LogP contribution in [-0.4, -0.2) is 11.1 Å². The largest absolute Gasteiger partial charge is 0.481 e. The van der Waals surface area contributed by atoms with Crippen molar-refractivity contribution in [3.63, 3.8) is 0 Å². The van der Waals surface area contributed by atoms with E-state index in [1.165, 1.54) is 0 Å². The van der Waals surface area contributed by atoms with Gasteiger partial charge in [-0.3, -0.25) is 4.79 Å². The van der Waals surface area contributed by atoms with Crippen molar-refractivity contribution >= 4 is 5.97 Å². The second-order valence-electron chi connectivity index (χ2n) is 4.27. The van der Waals surface area contributed by atoms with Gasteiger partial charge in [0.15, 0.2) is 0 Å². The van der Waals surface area contributed by atoms with Gasteiger partial charge in [-0.1, -0.05) is 39.8 Å². The highest BCUT2D eigenvalue weighted by atomic mass is 16.4. The Kier molecular flexibility index (Phi) is 5.44. The van der Waals surface area contributed by atoms with Crippen molar-refractivity contribution in [2.24, 2.45) is 17.8 Å². The average molecular weight is 184 g/mol. The Morgan fingerprint density at radius 2 is 1.85 bits per heavy atom. The molecule has 0 spiro atoms. The lowest BCUT2D eigenvalue weighted by atomic mass is 10.1. The van der Waals surface area contributed by atoms with Gasteiger partial charge in [0.1, 0.15) is 0 Å². The standard InChI is InChI=1S/C7H10O2.C4H10/c1-5-2-3-6(4-5)7(8)9;1-4(2)3/h2-3,5-6H,4H2,1H3,(H,8,9);4H,1-3H3. The van der Waals surface area contributed by atoms with E-state index >= 15 is 0 Å². The molecule has 0 saturated heterocycles. The summed E-state index contributed by atoms with van der Waals surface area (Å²) in [4.78, 5) is 10.3. The lowest BCUT2D eigenvalue weighted by Crippen LogP contribution is -2.08. The smallest absolute Gasteiger partial charge is 0.310 e. The molecular formula is C11H20O2. The summed E-state index contributed by atoms with van der Waals surface area (Å²) in [6.07, 6.45) is 4.50. The fourth-order valence-corrected chi connectivity index (χ4v) is 1.06. The lowest BCUT2D eigenvalue weighted by Gasteiger charge is -2.00. The molecule has 0 aliphatic heterocycles. The Morgan fingerprint density at radius 1 is 1.38 bits per heavy atom. The Hall–Kier alpha value is -0.790. The van der Waals surface area contributed by atoms with Crippen LogP contribution in [0.5, 0.6) is 0 Å². The number of allylic oxidation sites excluding steroid dienone is 1. The molecule has 1 rings (SSSR count). The van der Waals surface area contributed by atoms with Crippen molar-refractivity contribution in [1.29, 1.82) is 0 Å². The summed E-state index contributed by atoms with van der Waals surface area (Å²) in [7, 11) is 0. The van der Waals surface area contributed by atoms with E-state index in [2.05, 4.69) is 20.8 Å². The van der Waals surface area contributed by atoms with Crippen molar-refractivity contribution in [2.75, 3.05) is 0 Å². The zero-order valence-electron chi connectivity index (χ0n) is 8.95. The van der Waals surface area contributed by atoms with Gasteiger partial charge in [-0.05, 0) is 18.3 Å². The van der Waals surface area contributed by atoms with Crippen molar-refractivity contribution in [3.8, 4) is 0 Å². The van der Waals surface area contributed by atoms with Gasteiger partial charge < -0.3 is 5.11 Å². The van der Waals surface area contributed by atoms with Gasteiger partial charge >= 0.3 is 5.97 Å². The highest BCUT2D eigenvalue weighted by molar-refractivity contribution is 5.72. The molecule has 0 aromatic heterocycles. The quantitative estimate of drug-likeness (QED) is 0.636. The molecule has 1 aliphatic rings. The molecular weight excluding hydrogens is 164 g/mol. The Bertz CT molecular complexity index is 180. The lowest BCUT2D eigenvalue weighted by molar-refractivity contribution is -0.140. The Balaban J connectivity index is 0.000000310. The molecule has 0 aromatic rings. The number of rotatable bonds is 1. The molecule has 0 fully saturated rings. The van der Waals surface area contributed by atoms with Crippen LogP contribution in [0, 0.1) is 17.8 Å². The summed E-state index contributed by atoms with van der Waals surface area (Å²) in [5, 5.41) is 8.48. The maximum atomic E-state index is 10.3. The minimum absolute atomic E-state index is 0.222. The second kappa shape index (κ2) is 5.79. The maximum Gasteiger partial charge on any atom is 0.310 e. The van der Waals surface area contributed by atoms with Crippen molar-refractivity contribution < 1.29 is 9.90 Å². The third-order valence-electron chi connectivity index (χ3n) is 1.61. The van der Waals surface area contributed by atoms with Crippen LogP contribution in [0.15, 0.2) is 12.2 Å². The molecule has 2 heteroatoms. The summed E-state index contributed by atoms with van der Waals surface area (Å²) in [5.74, 6) is 0.363. The molecule has 2 atom stereocenters. The van der Waals surface area contributed by atoms with Crippen LogP contribution in [0.2, 0.25) is 0 Å². The molecule has 76 valence electrons. The van der Waals surface area contributed by atoms with E-state index in [1.54, 1.807) is 6.08 Å². The van der Waals surface area contributed by atoms with Gasteiger partial charge in [0, 0.05) is 0 Å². The van der Waals surface area contributed by atoms with Gasteiger partial charge in [0.05, 0.1) is 5.92 Å². The second-order valence-corrected chi connectivity index (χ2v) is 4.27. The zero-order chi connectivity index (χ0) is 10.4. The van der Waals surface area contributed by atoms with E-state index < -0.39 is 5.97 Å². The maximum absolute atomic E-state index is 10.3. The first-order chi connectivity index (χ1) is 5.93. The summed E-state index contributed by atoms with van der Waals surface area (Å²) < 4.78 is 0. The number of carbonyl (C=O) groups is 1.